The second kappa shape index (κ2) is 9.96. The number of hydrogen-bond acceptors (Lipinski definition) is 5. The van der Waals surface area contributed by atoms with E-state index >= 15 is 0 Å². The summed E-state index contributed by atoms with van der Waals surface area (Å²) in [6.45, 7) is 0. The molecular formula is C32H22N6S. The van der Waals surface area contributed by atoms with Crippen LogP contribution >= 0.6 is 11.3 Å². The first-order valence-electron chi connectivity index (χ1n) is 12.6. The molecule has 0 aliphatic rings. The van der Waals surface area contributed by atoms with Crippen LogP contribution in [0.1, 0.15) is 9.75 Å². The molecule has 3 aromatic heterocycles. The van der Waals surface area contributed by atoms with Gasteiger partial charge in [-0.25, -0.2) is 9.97 Å². The highest BCUT2D eigenvalue weighted by Gasteiger charge is 2.10. The van der Waals surface area contributed by atoms with Crippen molar-refractivity contribution in [3.63, 3.8) is 0 Å². The fourth-order valence-corrected chi connectivity index (χ4v) is 5.26. The molecule has 7 aromatic rings. The van der Waals surface area contributed by atoms with Crippen LogP contribution in [0.25, 0.3) is 44.8 Å². The van der Waals surface area contributed by atoms with Crippen LogP contribution in [-0.4, -0.2) is 32.4 Å². The molecule has 0 radical (unpaired) electrons. The number of nitrogens with one attached hydrogen (secondary N) is 2. The minimum atomic E-state index is 0.811. The summed E-state index contributed by atoms with van der Waals surface area (Å²) >= 11 is 1.64. The molecule has 7 rings (SSSR count). The van der Waals surface area contributed by atoms with Gasteiger partial charge in [0.05, 0.1) is 33.4 Å². The molecule has 0 spiro atoms. The molecule has 39 heavy (non-hydrogen) atoms. The first-order valence-corrected chi connectivity index (χ1v) is 13.4. The number of nitrogens with zero attached hydrogens (tertiary/aromatic N) is 4. The van der Waals surface area contributed by atoms with Crippen molar-refractivity contribution < 1.29 is 0 Å². The van der Waals surface area contributed by atoms with Crippen molar-refractivity contribution in [1.29, 1.82) is 0 Å². The number of aliphatic imine (C=N–C) groups is 2. The van der Waals surface area contributed by atoms with Crippen molar-refractivity contribution in [3.8, 4) is 22.8 Å². The smallest absolute Gasteiger partial charge is 0.140 e. The van der Waals surface area contributed by atoms with Gasteiger partial charge in [-0.1, -0.05) is 48.5 Å². The van der Waals surface area contributed by atoms with Crippen LogP contribution in [0.2, 0.25) is 0 Å². The zero-order valence-corrected chi connectivity index (χ0v) is 21.6. The number of aromatic amines is 2. The summed E-state index contributed by atoms with van der Waals surface area (Å²) in [7, 11) is 0. The maximum absolute atomic E-state index is 4.80. The quantitative estimate of drug-likeness (QED) is 0.215. The molecule has 0 amide bonds. The standard InChI is InChI=1S/C32H22N6S/c1-3-11-25(23(9-1)31-35-27-13-5-6-14-28(27)36-31)33-19-21-17-18-22(39-21)20-34-26-12-4-2-10-24(26)32-37-29-15-7-8-16-30(29)38-32/h1-20H,(H,35,36)(H,37,38). The molecule has 7 heteroatoms. The van der Waals surface area contributed by atoms with Crippen molar-refractivity contribution in [3.05, 3.63) is 119 Å². The summed E-state index contributed by atoms with van der Waals surface area (Å²) in [6, 6.07) is 36.3. The second-order valence-electron chi connectivity index (χ2n) is 9.00. The number of benzene rings is 4. The highest BCUT2D eigenvalue weighted by molar-refractivity contribution is 7.15. The van der Waals surface area contributed by atoms with E-state index in [1.54, 1.807) is 11.3 Å². The summed E-state index contributed by atoms with van der Waals surface area (Å²) in [4.78, 5) is 28.0. The van der Waals surface area contributed by atoms with Crippen molar-refractivity contribution >= 4 is 57.2 Å². The van der Waals surface area contributed by atoms with E-state index in [4.69, 9.17) is 20.0 Å². The second-order valence-corrected chi connectivity index (χ2v) is 10.1. The Hall–Kier alpha value is -5.14. The Bertz CT molecular complexity index is 1780. The molecule has 0 aliphatic carbocycles. The highest BCUT2D eigenvalue weighted by atomic mass is 32.1. The van der Waals surface area contributed by atoms with Crippen LogP contribution in [0.4, 0.5) is 11.4 Å². The van der Waals surface area contributed by atoms with Crippen LogP contribution in [0, 0.1) is 0 Å². The first kappa shape index (κ1) is 23.0. The largest absolute Gasteiger partial charge is 0.338 e. The molecule has 3 heterocycles. The normalized spacial score (nSPS) is 11.9. The molecule has 2 N–H and O–H groups in total. The lowest BCUT2D eigenvalue weighted by Gasteiger charge is -2.01. The topological polar surface area (TPSA) is 82.1 Å². The fraction of sp³-hybridized carbons (Fsp3) is 0. The van der Waals surface area contributed by atoms with Gasteiger partial charge in [0.2, 0.25) is 0 Å². The molecular weight excluding hydrogens is 500 g/mol. The number of aromatic nitrogens is 4. The van der Waals surface area contributed by atoms with Gasteiger partial charge >= 0.3 is 0 Å². The van der Waals surface area contributed by atoms with Crippen molar-refractivity contribution in [2.24, 2.45) is 9.98 Å². The summed E-state index contributed by atoms with van der Waals surface area (Å²) in [5.74, 6) is 1.62. The van der Waals surface area contributed by atoms with E-state index in [0.29, 0.717) is 0 Å². The number of rotatable bonds is 6. The van der Waals surface area contributed by atoms with Crippen molar-refractivity contribution in [1.82, 2.24) is 19.9 Å². The van der Waals surface area contributed by atoms with Gasteiger partial charge in [-0.3, -0.25) is 9.98 Å². The minimum absolute atomic E-state index is 0.811. The molecule has 0 atom stereocenters. The van der Waals surface area contributed by atoms with Crippen LogP contribution in [-0.2, 0) is 0 Å². The van der Waals surface area contributed by atoms with E-state index < -0.39 is 0 Å². The lowest BCUT2D eigenvalue weighted by molar-refractivity contribution is 1.33. The summed E-state index contributed by atoms with van der Waals surface area (Å²) in [6.07, 6.45) is 3.79. The zero-order chi connectivity index (χ0) is 26.0. The number of imidazole rings is 2. The Morgan fingerprint density at radius 2 is 0.949 bits per heavy atom. The van der Waals surface area contributed by atoms with Gasteiger partial charge in [0.25, 0.3) is 0 Å². The van der Waals surface area contributed by atoms with Gasteiger partial charge in [-0.2, -0.15) is 0 Å². The van der Waals surface area contributed by atoms with Gasteiger partial charge in [0.1, 0.15) is 11.6 Å². The number of thiophene rings is 1. The molecule has 0 saturated heterocycles. The van der Waals surface area contributed by atoms with Crippen LogP contribution < -0.4 is 0 Å². The Kier molecular flexibility index (Phi) is 5.88. The van der Waals surface area contributed by atoms with Crippen LogP contribution in [0.15, 0.2) is 119 Å². The maximum Gasteiger partial charge on any atom is 0.140 e. The van der Waals surface area contributed by atoms with Gasteiger partial charge in [-0.15, -0.1) is 11.3 Å². The van der Waals surface area contributed by atoms with Gasteiger partial charge in [-0.05, 0) is 60.7 Å². The number of hydrogen-bond donors (Lipinski definition) is 2. The van der Waals surface area contributed by atoms with Gasteiger partial charge < -0.3 is 9.97 Å². The van der Waals surface area contributed by atoms with Gasteiger partial charge in [0, 0.05) is 33.3 Å². The van der Waals surface area contributed by atoms with E-state index in [9.17, 15) is 0 Å². The number of H-pyrrole nitrogens is 2. The summed E-state index contributed by atoms with van der Waals surface area (Å²) in [5, 5.41) is 0. The van der Waals surface area contributed by atoms with E-state index in [1.807, 2.05) is 109 Å². The Balaban J connectivity index is 1.13. The fourth-order valence-electron chi connectivity index (χ4n) is 4.51. The molecule has 0 bridgehead atoms. The molecule has 0 saturated carbocycles. The molecule has 0 unspecified atom stereocenters. The minimum Gasteiger partial charge on any atom is -0.338 e. The number of fused-ring (bicyclic) bond motifs is 2. The summed E-state index contributed by atoms with van der Waals surface area (Å²) < 4.78 is 0. The van der Waals surface area contributed by atoms with E-state index in [-0.39, 0.29) is 0 Å². The predicted molar refractivity (Wildman–Crippen MR) is 162 cm³/mol. The Labute approximate surface area is 228 Å². The monoisotopic (exact) mass is 522 g/mol. The Morgan fingerprint density at radius 3 is 1.44 bits per heavy atom. The Morgan fingerprint density at radius 1 is 0.513 bits per heavy atom. The maximum atomic E-state index is 4.80. The molecule has 4 aromatic carbocycles. The van der Waals surface area contributed by atoms with Crippen molar-refractivity contribution in [2.45, 2.75) is 0 Å². The molecule has 186 valence electrons. The zero-order valence-electron chi connectivity index (χ0n) is 20.7. The van der Waals surface area contributed by atoms with E-state index in [0.717, 1.165) is 66.0 Å². The van der Waals surface area contributed by atoms with Gasteiger partial charge in [0.15, 0.2) is 0 Å². The number of para-hydroxylation sites is 6. The highest BCUT2D eigenvalue weighted by Crippen LogP contribution is 2.31. The van der Waals surface area contributed by atoms with E-state index in [1.165, 1.54) is 0 Å². The molecule has 6 nitrogen and oxygen atoms in total. The lowest BCUT2D eigenvalue weighted by atomic mass is 10.1. The molecule has 0 fully saturated rings. The van der Waals surface area contributed by atoms with Crippen molar-refractivity contribution in [2.75, 3.05) is 0 Å². The van der Waals surface area contributed by atoms with Crippen LogP contribution in [0.5, 0.6) is 0 Å². The lowest BCUT2D eigenvalue weighted by Crippen LogP contribution is -1.82. The molecule has 0 aliphatic heterocycles. The average molecular weight is 523 g/mol. The summed E-state index contributed by atoms with van der Waals surface area (Å²) in [5.41, 5.74) is 7.55. The first-order chi connectivity index (χ1) is 19.3. The predicted octanol–water partition coefficient (Wildman–Crippen LogP) is 8.34. The van der Waals surface area contributed by atoms with E-state index in [2.05, 4.69) is 22.1 Å². The third-order valence-electron chi connectivity index (χ3n) is 6.41. The average Bonchev–Trinajstić information content (AvgIpc) is 3.73. The SMILES string of the molecule is C(=Nc1ccccc1-c1nc2ccccc2[nH]1)c1ccc(C=Nc2ccccc2-c2nc3ccccc3[nH]2)s1. The van der Waals surface area contributed by atoms with Crippen LogP contribution in [0.3, 0.4) is 0 Å². The third kappa shape index (κ3) is 4.67. The third-order valence-corrected chi connectivity index (χ3v) is 7.36.